The largest absolute Gasteiger partial charge is 0.460 e. The zero-order valence-electron chi connectivity index (χ0n) is 19.6. The Morgan fingerprint density at radius 2 is 1.41 bits per heavy atom. The van der Waals surface area contributed by atoms with Crippen molar-refractivity contribution in [3.63, 3.8) is 0 Å². The maximum atomic E-state index is 13.0. The van der Waals surface area contributed by atoms with Crippen molar-refractivity contribution in [3.05, 3.63) is 71.8 Å². The Kier molecular flexibility index (Phi) is 9.61. The molecule has 0 saturated carbocycles. The Balaban J connectivity index is 2.09. The first kappa shape index (κ1) is 26.4. The highest BCUT2D eigenvalue weighted by Crippen LogP contribution is 2.11. The average molecular weight is 470 g/mol. The third kappa shape index (κ3) is 9.72. The Morgan fingerprint density at radius 1 is 0.853 bits per heavy atom. The number of amides is 3. The van der Waals surface area contributed by atoms with Gasteiger partial charge < -0.3 is 25.8 Å². The summed E-state index contributed by atoms with van der Waals surface area (Å²) in [6, 6.07) is 15.6. The predicted octanol–water partition coefficient (Wildman–Crippen LogP) is 2.23. The average Bonchev–Trinajstić information content (AvgIpc) is 2.77. The number of rotatable bonds is 10. The second-order valence-electron chi connectivity index (χ2n) is 8.70. The van der Waals surface area contributed by atoms with Crippen LogP contribution in [0.2, 0.25) is 0 Å². The first-order valence-electron chi connectivity index (χ1n) is 10.9. The third-order valence-electron chi connectivity index (χ3n) is 4.55. The number of nitrogens with two attached hydrogens (primary N) is 1. The molecular weight excluding hydrogens is 438 g/mol. The lowest BCUT2D eigenvalue weighted by Gasteiger charge is -2.24. The van der Waals surface area contributed by atoms with Gasteiger partial charge in [-0.2, -0.15) is 0 Å². The zero-order chi connectivity index (χ0) is 25.1. The lowest BCUT2D eigenvalue weighted by atomic mass is 10.0. The Bertz CT molecular complexity index is 973. The molecule has 0 fully saturated rings. The Labute approximate surface area is 199 Å². The van der Waals surface area contributed by atoms with Crippen LogP contribution in [0.4, 0.5) is 4.79 Å². The van der Waals surface area contributed by atoms with Gasteiger partial charge in [0.05, 0.1) is 6.42 Å². The molecule has 9 heteroatoms. The number of hydrogen-bond donors (Lipinski definition) is 3. The van der Waals surface area contributed by atoms with Crippen LogP contribution < -0.4 is 16.4 Å². The van der Waals surface area contributed by atoms with E-state index in [0.29, 0.717) is 0 Å². The van der Waals surface area contributed by atoms with Crippen molar-refractivity contribution in [3.8, 4) is 0 Å². The fraction of sp³-hybridized carbons (Fsp3) is 0.360. The summed E-state index contributed by atoms with van der Waals surface area (Å²) in [7, 11) is 0. The molecule has 0 aliphatic heterocycles. The molecule has 0 spiro atoms. The van der Waals surface area contributed by atoms with E-state index in [9.17, 15) is 19.2 Å². The highest BCUT2D eigenvalue weighted by atomic mass is 16.6. The summed E-state index contributed by atoms with van der Waals surface area (Å²) >= 11 is 0. The van der Waals surface area contributed by atoms with Crippen molar-refractivity contribution in [1.29, 1.82) is 0 Å². The van der Waals surface area contributed by atoms with Crippen molar-refractivity contribution < 1.29 is 28.7 Å². The molecule has 0 bridgehead atoms. The minimum absolute atomic E-state index is 0.0225. The molecule has 0 saturated heterocycles. The molecule has 2 rings (SSSR count). The van der Waals surface area contributed by atoms with E-state index < -0.39 is 48.0 Å². The van der Waals surface area contributed by atoms with Gasteiger partial charge in [0.15, 0.2) is 0 Å². The first-order chi connectivity index (χ1) is 16.0. The lowest BCUT2D eigenvalue weighted by Crippen LogP contribution is -2.54. The quantitative estimate of drug-likeness (QED) is 0.457. The molecule has 0 aliphatic rings. The van der Waals surface area contributed by atoms with Gasteiger partial charge in [-0.3, -0.25) is 14.4 Å². The normalized spacial score (nSPS) is 12.7. The lowest BCUT2D eigenvalue weighted by molar-refractivity contribution is -0.156. The van der Waals surface area contributed by atoms with Crippen molar-refractivity contribution in [2.24, 2.45) is 5.73 Å². The highest BCUT2D eigenvalue weighted by Gasteiger charge is 2.30. The molecule has 34 heavy (non-hydrogen) atoms. The highest BCUT2D eigenvalue weighted by molar-refractivity contribution is 5.93. The van der Waals surface area contributed by atoms with E-state index in [4.69, 9.17) is 15.2 Å². The molecule has 182 valence electrons. The number of alkyl carbamates (subject to hydrolysis) is 1. The Hall–Kier alpha value is -3.88. The van der Waals surface area contributed by atoms with Crippen molar-refractivity contribution in [1.82, 2.24) is 10.6 Å². The van der Waals surface area contributed by atoms with Gasteiger partial charge in [0.2, 0.25) is 11.8 Å². The van der Waals surface area contributed by atoms with Crippen LogP contribution in [0.15, 0.2) is 60.7 Å². The number of carbonyl (C=O) groups is 4. The molecule has 3 amide bonds. The van der Waals surface area contributed by atoms with Crippen molar-refractivity contribution >= 4 is 23.9 Å². The molecule has 0 heterocycles. The topological polar surface area (TPSA) is 137 Å². The van der Waals surface area contributed by atoms with Gasteiger partial charge in [-0.1, -0.05) is 60.7 Å². The summed E-state index contributed by atoms with van der Waals surface area (Å²) in [6.07, 6.45) is -1.20. The van der Waals surface area contributed by atoms with Crippen LogP contribution >= 0.6 is 0 Å². The number of hydrogen-bond acceptors (Lipinski definition) is 6. The van der Waals surface area contributed by atoms with Crippen LogP contribution in [-0.4, -0.2) is 41.6 Å². The monoisotopic (exact) mass is 469 g/mol. The van der Waals surface area contributed by atoms with Crippen LogP contribution in [0.3, 0.4) is 0 Å². The molecule has 0 aliphatic carbocycles. The molecule has 4 N–H and O–H groups in total. The summed E-state index contributed by atoms with van der Waals surface area (Å²) in [4.78, 5) is 49.6. The molecule has 2 aromatic carbocycles. The van der Waals surface area contributed by atoms with Gasteiger partial charge in [-0.05, 0) is 31.9 Å². The summed E-state index contributed by atoms with van der Waals surface area (Å²) in [5.41, 5.74) is 6.23. The van der Waals surface area contributed by atoms with E-state index >= 15 is 0 Å². The minimum Gasteiger partial charge on any atom is -0.460 e. The summed E-state index contributed by atoms with van der Waals surface area (Å²) in [5.74, 6) is -2.21. The number of ether oxygens (including phenoxy) is 2. The zero-order valence-corrected chi connectivity index (χ0v) is 19.6. The van der Waals surface area contributed by atoms with Gasteiger partial charge in [-0.15, -0.1) is 0 Å². The van der Waals surface area contributed by atoms with Crippen LogP contribution in [0.5, 0.6) is 0 Å². The smallest absolute Gasteiger partial charge is 0.408 e. The van der Waals surface area contributed by atoms with Crippen LogP contribution in [0.1, 0.15) is 38.3 Å². The number of carbonyl (C=O) groups excluding carboxylic acids is 4. The number of benzene rings is 2. The van der Waals surface area contributed by atoms with E-state index in [0.717, 1.165) is 11.1 Å². The molecule has 2 atom stereocenters. The fourth-order valence-electron chi connectivity index (χ4n) is 3.01. The second-order valence-corrected chi connectivity index (χ2v) is 8.70. The summed E-state index contributed by atoms with van der Waals surface area (Å²) in [6.45, 7) is 5.03. The summed E-state index contributed by atoms with van der Waals surface area (Å²) in [5, 5.41) is 4.91. The van der Waals surface area contributed by atoms with Crippen LogP contribution in [0, 0.1) is 0 Å². The van der Waals surface area contributed by atoms with Gasteiger partial charge in [0, 0.05) is 6.42 Å². The van der Waals surface area contributed by atoms with Gasteiger partial charge in [-0.25, -0.2) is 4.79 Å². The number of primary amides is 1. The standard InChI is InChI=1S/C25H31N3O6/c1-25(2,3)34-21(29)15-20(28-24(32)33-16-18-12-8-5-9-13-18)23(31)27-19(22(26)30)14-17-10-6-4-7-11-17/h4-13,19-20H,14-16H2,1-3H3,(H2,26,30)(H,27,31)(H,28,32)/t19-,20-/m0/s1. The molecule has 2 aromatic rings. The van der Waals surface area contributed by atoms with Gasteiger partial charge >= 0.3 is 12.1 Å². The maximum absolute atomic E-state index is 13.0. The van der Waals surface area contributed by atoms with Crippen molar-refractivity contribution in [2.75, 3.05) is 0 Å². The fourth-order valence-corrected chi connectivity index (χ4v) is 3.01. The third-order valence-corrected chi connectivity index (χ3v) is 4.55. The van der Waals surface area contributed by atoms with Crippen molar-refractivity contribution in [2.45, 2.75) is 57.9 Å². The predicted molar refractivity (Wildman–Crippen MR) is 125 cm³/mol. The molecule has 9 nitrogen and oxygen atoms in total. The number of esters is 1. The van der Waals surface area contributed by atoms with Gasteiger partial charge in [0.1, 0.15) is 24.3 Å². The maximum Gasteiger partial charge on any atom is 0.408 e. The van der Waals surface area contributed by atoms with E-state index in [1.165, 1.54) is 0 Å². The van der Waals surface area contributed by atoms with E-state index in [2.05, 4.69) is 10.6 Å². The van der Waals surface area contributed by atoms with Gasteiger partial charge in [0.25, 0.3) is 0 Å². The molecule has 0 unspecified atom stereocenters. The first-order valence-corrected chi connectivity index (χ1v) is 10.9. The molecule has 0 radical (unpaired) electrons. The van der Waals surface area contributed by atoms with Crippen LogP contribution in [0.25, 0.3) is 0 Å². The number of nitrogens with one attached hydrogen (secondary N) is 2. The Morgan fingerprint density at radius 3 is 1.94 bits per heavy atom. The van der Waals surface area contributed by atoms with E-state index in [1.54, 1.807) is 69.3 Å². The SMILES string of the molecule is CC(C)(C)OC(=O)C[C@H](NC(=O)OCc1ccccc1)C(=O)N[C@@H](Cc1ccccc1)C(N)=O. The van der Waals surface area contributed by atoms with E-state index in [1.807, 2.05) is 12.1 Å². The molecular formula is C25H31N3O6. The molecule has 0 aromatic heterocycles. The van der Waals surface area contributed by atoms with Crippen LogP contribution in [-0.2, 0) is 36.9 Å². The minimum atomic E-state index is -1.34. The summed E-state index contributed by atoms with van der Waals surface area (Å²) < 4.78 is 10.4. The van der Waals surface area contributed by atoms with E-state index in [-0.39, 0.29) is 13.0 Å². The second kappa shape index (κ2) is 12.4.